The summed E-state index contributed by atoms with van der Waals surface area (Å²) < 4.78 is 25.9. The Morgan fingerprint density at radius 1 is 1.26 bits per heavy atom. The molecule has 0 radical (unpaired) electrons. The predicted octanol–water partition coefficient (Wildman–Crippen LogP) is 1.66. The van der Waals surface area contributed by atoms with Crippen molar-refractivity contribution < 1.29 is 8.42 Å². The molecule has 0 aromatic heterocycles. The Morgan fingerprint density at radius 3 is 2.58 bits per heavy atom. The molecule has 0 amide bonds. The van der Waals surface area contributed by atoms with Crippen LogP contribution in [0.5, 0.6) is 0 Å². The number of nitrogens with zero attached hydrogens (tertiary/aromatic N) is 1. The first kappa shape index (κ1) is 14.2. The van der Waals surface area contributed by atoms with Crippen molar-refractivity contribution in [1.82, 2.24) is 4.31 Å². The van der Waals surface area contributed by atoms with Crippen LogP contribution in [0.1, 0.15) is 18.9 Å². The zero-order valence-electron chi connectivity index (χ0n) is 11.1. The van der Waals surface area contributed by atoms with Gasteiger partial charge in [0, 0.05) is 24.5 Å². The van der Waals surface area contributed by atoms with E-state index in [9.17, 15) is 8.42 Å². The average Bonchev–Trinajstić information content (AvgIpc) is 2.37. The minimum absolute atomic E-state index is 0.0661. The largest absolute Gasteiger partial charge is 0.326 e. The van der Waals surface area contributed by atoms with Crippen LogP contribution < -0.4 is 5.73 Å². The first-order valence-corrected chi connectivity index (χ1v) is 7.96. The Labute approximate surface area is 115 Å². The molecule has 1 aliphatic heterocycles. The molecule has 0 bridgehead atoms. The van der Waals surface area contributed by atoms with Gasteiger partial charge in [-0.3, -0.25) is 0 Å². The van der Waals surface area contributed by atoms with E-state index in [0.717, 1.165) is 12.0 Å². The van der Waals surface area contributed by atoms with Gasteiger partial charge in [-0.25, -0.2) is 8.42 Å². The fourth-order valence-electron chi connectivity index (χ4n) is 2.37. The van der Waals surface area contributed by atoms with Crippen molar-refractivity contribution in [2.45, 2.75) is 19.4 Å². The number of piperidine rings is 1. The highest BCUT2D eigenvalue weighted by molar-refractivity contribution is 7.92. The van der Waals surface area contributed by atoms with E-state index in [2.05, 4.69) is 0 Å². The van der Waals surface area contributed by atoms with Crippen molar-refractivity contribution in [2.24, 2.45) is 11.7 Å². The Kier molecular flexibility index (Phi) is 4.39. The van der Waals surface area contributed by atoms with Gasteiger partial charge in [0.05, 0.1) is 0 Å². The van der Waals surface area contributed by atoms with Crippen molar-refractivity contribution in [3.8, 4) is 0 Å². The molecule has 0 aliphatic carbocycles. The zero-order valence-corrected chi connectivity index (χ0v) is 11.9. The molecule has 104 valence electrons. The maximum absolute atomic E-state index is 12.2. The lowest BCUT2D eigenvalue weighted by Gasteiger charge is -2.32. The van der Waals surface area contributed by atoms with Crippen LogP contribution in [-0.2, 0) is 10.0 Å². The number of sulfonamides is 1. The van der Waals surface area contributed by atoms with Crippen LogP contribution >= 0.6 is 0 Å². The number of hydrogen-bond acceptors (Lipinski definition) is 3. The third-order valence-electron chi connectivity index (χ3n) is 3.25. The Hall–Kier alpha value is -1.17. The summed E-state index contributed by atoms with van der Waals surface area (Å²) in [6.07, 6.45) is 2.51. The summed E-state index contributed by atoms with van der Waals surface area (Å²) in [5.41, 5.74) is 6.76. The molecular formula is C14H20N2O2S. The quantitative estimate of drug-likeness (QED) is 0.916. The summed E-state index contributed by atoms with van der Waals surface area (Å²) in [5, 5.41) is 1.27. The minimum Gasteiger partial charge on any atom is -0.326 e. The second kappa shape index (κ2) is 5.86. The lowest BCUT2D eigenvalue weighted by atomic mass is 9.99. The van der Waals surface area contributed by atoms with Crippen LogP contribution in [0.2, 0.25) is 0 Å². The molecule has 1 aliphatic rings. The molecule has 1 heterocycles. The van der Waals surface area contributed by atoms with Crippen LogP contribution in [0.25, 0.3) is 6.08 Å². The van der Waals surface area contributed by atoms with E-state index in [4.69, 9.17) is 5.73 Å². The molecular weight excluding hydrogens is 260 g/mol. The van der Waals surface area contributed by atoms with Gasteiger partial charge < -0.3 is 5.73 Å². The van der Waals surface area contributed by atoms with Crippen molar-refractivity contribution in [3.05, 3.63) is 41.3 Å². The summed E-state index contributed by atoms with van der Waals surface area (Å²) >= 11 is 0. The number of benzene rings is 1. The van der Waals surface area contributed by atoms with E-state index in [0.29, 0.717) is 19.0 Å². The summed E-state index contributed by atoms with van der Waals surface area (Å²) in [6, 6.07) is 9.34. The van der Waals surface area contributed by atoms with E-state index in [-0.39, 0.29) is 6.04 Å². The number of hydrogen-bond donors (Lipinski definition) is 1. The molecule has 0 spiro atoms. The van der Waals surface area contributed by atoms with E-state index in [1.165, 1.54) is 9.71 Å². The summed E-state index contributed by atoms with van der Waals surface area (Å²) in [6.45, 7) is 2.99. The molecule has 1 aromatic rings. The van der Waals surface area contributed by atoms with Gasteiger partial charge in [-0.1, -0.05) is 37.3 Å². The molecule has 1 fully saturated rings. The van der Waals surface area contributed by atoms with Crippen molar-refractivity contribution in [2.75, 3.05) is 13.1 Å². The molecule has 5 heteroatoms. The molecule has 2 N–H and O–H groups in total. The van der Waals surface area contributed by atoms with Gasteiger partial charge in [0.25, 0.3) is 0 Å². The average molecular weight is 280 g/mol. The van der Waals surface area contributed by atoms with E-state index < -0.39 is 10.0 Å². The molecule has 2 atom stereocenters. The van der Waals surface area contributed by atoms with Gasteiger partial charge in [0.15, 0.2) is 0 Å². The van der Waals surface area contributed by atoms with Gasteiger partial charge in [0.1, 0.15) is 0 Å². The first-order chi connectivity index (χ1) is 8.97. The molecule has 4 nitrogen and oxygen atoms in total. The fourth-order valence-corrected chi connectivity index (χ4v) is 3.73. The Bertz CT molecular complexity index is 530. The van der Waals surface area contributed by atoms with Gasteiger partial charge in [-0.05, 0) is 24.0 Å². The van der Waals surface area contributed by atoms with Crippen LogP contribution in [0.15, 0.2) is 35.7 Å². The van der Waals surface area contributed by atoms with Crippen molar-refractivity contribution >= 4 is 16.1 Å². The van der Waals surface area contributed by atoms with Gasteiger partial charge in [-0.15, -0.1) is 0 Å². The SMILES string of the molecule is CC1CC(N)CN(S(=O)(=O)C=Cc2ccccc2)C1. The molecule has 1 aromatic carbocycles. The fraction of sp³-hybridized carbons (Fsp3) is 0.429. The van der Waals surface area contributed by atoms with Crippen molar-refractivity contribution in [3.63, 3.8) is 0 Å². The second-order valence-corrected chi connectivity index (χ2v) is 6.99. The van der Waals surface area contributed by atoms with E-state index >= 15 is 0 Å². The number of nitrogens with two attached hydrogens (primary N) is 1. The lowest BCUT2D eigenvalue weighted by Crippen LogP contribution is -2.48. The summed E-state index contributed by atoms with van der Waals surface area (Å²) in [4.78, 5) is 0. The number of rotatable bonds is 3. The maximum Gasteiger partial charge on any atom is 0.236 e. The Balaban J connectivity index is 2.12. The molecule has 0 saturated carbocycles. The highest BCUT2D eigenvalue weighted by Gasteiger charge is 2.28. The maximum atomic E-state index is 12.2. The molecule has 2 rings (SSSR count). The molecule has 2 unspecified atom stereocenters. The van der Waals surface area contributed by atoms with Crippen LogP contribution in [-0.4, -0.2) is 31.9 Å². The smallest absolute Gasteiger partial charge is 0.236 e. The van der Waals surface area contributed by atoms with E-state index in [1.807, 2.05) is 37.3 Å². The van der Waals surface area contributed by atoms with Gasteiger partial charge >= 0.3 is 0 Å². The van der Waals surface area contributed by atoms with Gasteiger partial charge in [-0.2, -0.15) is 4.31 Å². The summed E-state index contributed by atoms with van der Waals surface area (Å²) in [5.74, 6) is 0.309. The third kappa shape index (κ3) is 3.89. The first-order valence-electron chi connectivity index (χ1n) is 6.46. The normalized spacial score (nSPS) is 25.8. The standard InChI is InChI=1S/C14H20N2O2S/c1-12-9-14(15)11-16(10-12)19(17,18)8-7-13-5-3-2-4-6-13/h2-8,12,14H,9-11,15H2,1H3. The highest BCUT2D eigenvalue weighted by Crippen LogP contribution is 2.19. The Morgan fingerprint density at radius 2 is 1.95 bits per heavy atom. The predicted molar refractivity (Wildman–Crippen MR) is 77.7 cm³/mol. The minimum atomic E-state index is -3.37. The van der Waals surface area contributed by atoms with Crippen LogP contribution in [0, 0.1) is 5.92 Å². The van der Waals surface area contributed by atoms with Crippen molar-refractivity contribution in [1.29, 1.82) is 0 Å². The van der Waals surface area contributed by atoms with Crippen LogP contribution in [0.4, 0.5) is 0 Å². The summed E-state index contributed by atoms with van der Waals surface area (Å²) in [7, 11) is -3.37. The lowest BCUT2D eigenvalue weighted by molar-refractivity contribution is 0.256. The third-order valence-corrected chi connectivity index (χ3v) is 4.75. The zero-order chi connectivity index (χ0) is 13.9. The monoisotopic (exact) mass is 280 g/mol. The topological polar surface area (TPSA) is 63.4 Å². The molecule has 19 heavy (non-hydrogen) atoms. The second-order valence-electron chi connectivity index (χ2n) is 5.18. The van der Waals surface area contributed by atoms with Gasteiger partial charge in [0.2, 0.25) is 10.0 Å². The van der Waals surface area contributed by atoms with Crippen LogP contribution in [0.3, 0.4) is 0 Å². The molecule has 1 saturated heterocycles. The highest BCUT2D eigenvalue weighted by atomic mass is 32.2. The van der Waals surface area contributed by atoms with E-state index in [1.54, 1.807) is 6.08 Å².